The number of hydrogen-bond donors (Lipinski definition) is 2. The molecular weight excluding hydrogens is 264 g/mol. The van der Waals surface area contributed by atoms with E-state index < -0.39 is 6.10 Å². The number of rotatable bonds is 5. The summed E-state index contributed by atoms with van der Waals surface area (Å²) >= 11 is 0. The maximum atomic E-state index is 10.2. The van der Waals surface area contributed by atoms with Gasteiger partial charge in [-0.2, -0.15) is 4.98 Å². The Balaban J connectivity index is 2.04. The second-order valence-corrected chi connectivity index (χ2v) is 5.25. The number of nitrogens with zero attached hydrogens (tertiary/aromatic N) is 3. The number of nitrogen functional groups attached to an aromatic ring is 1. The highest BCUT2D eigenvalue weighted by Gasteiger charge is 2.13. The van der Waals surface area contributed by atoms with Crippen LogP contribution in [0.3, 0.4) is 0 Å². The van der Waals surface area contributed by atoms with E-state index in [1.807, 2.05) is 56.1 Å². The van der Waals surface area contributed by atoms with Crippen molar-refractivity contribution < 1.29 is 5.11 Å². The van der Waals surface area contributed by atoms with E-state index in [1.165, 1.54) is 0 Å². The van der Waals surface area contributed by atoms with E-state index in [0.717, 1.165) is 22.6 Å². The smallest absolute Gasteiger partial charge is 0.222 e. The van der Waals surface area contributed by atoms with Crippen LogP contribution in [0.2, 0.25) is 0 Å². The lowest BCUT2D eigenvalue weighted by molar-refractivity contribution is 0.170. The number of aryl methyl sites for hydroxylation is 1. The molecule has 21 heavy (non-hydrogen) atoms. The Morgan fingerprint density at radius 1 is 1.19 bits per heavy atom. The lowest BCUT2D eigenvalue weighted by atomic mass is 10.1. The van der Waals surface area contributed by atoms with Crippen LogP contribution in [0.4, 0.5) is 11.8 Å². The van der Waals surface area contributed by atoms with Gasteiger partial charge in [0.25, 0.3) is 0 Å². The van der Waals surface area contributed by atoms with Crippen molar-refractivity contribution in [3.63, 3.8) is 0 Å². The third kappa shape index (κ3) is 3.70. The summed E-state index contributed by atoms with van der Waals surface area (Å²) in [4.78, 5) is 10.5. The maximum absolute atomic E-state index is 10.2. The largest absolute Gasteiger partial charge is 0.388 e. The average Bonchev–Trinajstić information content (AvgIpc) is 2.49. The van der Waals surface area contributed by atoms with E-state index in [-0.39, 0.29) is 5.95 Å². The van der Waals surface area contributed by atoms with E-state index in [0.29, 0.717) is 13.0 Å². The Kier molecular flexibility index (Phi) is 4.75. The topological polar surface area (TPSA) is 75.3 Å². The van der Waals surface area contributed by atoms with E-state index in [2.05, 4.69) is 9.97 Å². The molecule has 1 heterocycles. The maximum Gasteiger partial charge on any atom is 0.222 e. The second kappa shape index (κ2) is 6.54. The molecular formula is C16H22N4O. The van der Waals surface area contributed by atoms with Gasteiger partial charge >= 0.3 is 0 Å². The molecule has 3 N–H and O–H groups in total. The predicted molar refractivity (Wildman–Crippen MR) is 85.2 cm³/mol. The van der Waals surface area contributed by atoms with Crippen LogP contribution in [-0.4, -0.2) is 28.7 Å². The molecule has 0 unspecified atom stereocenters. The number of aliphatic hydroxyl groups is 1. The van der Waals surface area contributed by atoms with Crippen molar-refractivity contribution in [3.8, 4) is 0 Å². The third-order valence-corrected chi connectivity index (χ3v) is 3.66. The van der Waals surface area contributed by atoms with Crippen LogP contribution in [0.1, 0.15) is 29.3 Å². The van der Waals surface area contributed by atoms with Gasteiger partial charge in [0.15, 0.2) is 0 Å². The van der Waals surface area contributed by atoms with Crippen LogP contribution >= 0.6 is 0 Å². The van der Waals surface area contributed by atoms with E-state index in [9.17, 15) is 5.11 Å². The first-order valence-electron chi connectivity index (χ1n) is 7.04. The standard InChI is InChI=1S/C16H22N4O/c1-11-12(2)18-16(17)19-15(11)20(3)10-9-14(21)13-7-5-4-6-8-13/h4-8,14,21H,9-10H2,1-3H3,(H2,17,18,19)/t14-/m1/s1. The van der Waals surface area contributed by atoms with Gasteiger partial charge < -0.3 is 15.7 Å². The fraction of sp³-hybridized carbons (Fsp3) is 0.375. The first kappa shape index (κ1) is 15.3. The average molecular weight is 286 g/mol. The van der Waals surface area contributed by atoms with Gasteiger partial charge in [-0.05, 0) is 25.8 Å². The monoisotopic (exact) mass is 286 g/mol. The molecule has 0 saturated heterocycles. The van der Waals surface area contributed by atoms with Gasteiger partial charge in [-0.15, -0.1) is 0 Å². The Morgan fingerprint density at radius 3 is 2.52 bits per heavy atom. The molecule has 5 heteroatoms. The Labute approximate surface area is 125 Å². The lowest BCUT2D eigenvalue weighted by Gasteiger charge is -2.22. The molecule has 5 nitrogen and oxygen atoms in total. The fourth-order valence-corrected chi connectivity index (χ4v) is 2.27. The van der Waals surface area contributed by atoms with Crippen molar-refractivity contribution >= 4 is 11.8 Å². The highest BCUT2D eigenvalue weighted by molar-refractivity contribution is 5.50. The fourth-order valence-electron chi connectivity index (χ4n) is 2.27. The quantitative estimate of drug-likeness (QED) is 0.881. The van der Waals surface area contributed by atoms with Crippen molar-refractivity contribution in [2.24, 2.45) is 0 Å². The van der Waals surface area contributed by atoms with Gasteiger partial charge in [0.1, 0.15) is 5.82 Å². The SMILES string of the molecule is Cc1nc(N)nc(N(C)CC[C@@H](O)c2ccccc2)c1C. The van der Waals surface area contributed by atoms with Gasteiger partial charge in [0, 0.05) is 24.8 Å². The number of aromatic nitrogens is 2. The molecule has 0 amide bonds. The highest BCUT2D eigenvalue weighted by Crippen LogP contribution is 2.22. The Bertz CT molecular complexity index is 601. The number of nitrogens with two attached hydrogens (primary N) is 1. The molecule has 0 aliphatic rings. The first-order valence-corrected chi connectivity index (χ1v) is 7.04. The summed E-state index contributed by atoms with van der Waals surface area (Å²) < 4.78 is 0. The summed E-state index contributed by atoms with van der Waals surface area (Å²) in [5, 5.41) is 10.2. The zero-order chi connectivity index (χ0) is 15.4. The summed E-state index contributed by atoms with van der Waals surface area (Å²) in [6.45, 7) is 4.59. The number of benzene rings is 1. The summed E-state index contributed by atoms with van der Waals surface area (Å²) in [6.07, 6.45) is 0.150. The van der Waals surface area contributed by atoms with Crippen molar-refractivity contribution in [2.45, 2.75) is 26.4 Å². The van der Waals surface area contributed by atoms with Crippen molar-refractivity contribution in [1.82, 2.24) is 9.97 Å². The third-order valence-electron chi connectivity index (χ3n) is 3.66. The number of aliphatic hydroxyl groups excluding tert-OH is 1. The predicted octanol–water partition coefficient (Wildman–Crippen LogP) is 2.24. The molecule has 0 bridgehead atoms. The normalized spacial score (nSPS) is 12.2. The van der Waals surface area contributed by atoms with Gasteiger partial charge in [0.2, 0.25) is 5.95 Å². The van der Waals surface area contributed by atoms with Crippen molar-refractivity contribution in [3.05, 3.63) is 47.2 Å². The molecule has 0 fully saturated rings. The molecule has 2 rings (SSSR count). The number of anilines is 2. The zero-order valence-corrected chi connectivity index (χ0v) is 12.7. The minimum atomic E-state index is -0.478. The first-order chi connectivity index (χ1) is 9.99. The van der Waals surface area contributed by atoms with Crippen LogP contribution < -0.4 is 10.6 Å². The molecule has 0 aliphatic carbocycles. The molecule has 0 radical (unpaired) electrons. The molecule has 0 spiro atoms. The van der Waals surface area contributed by atoms with Gasteiger partial charge in [-0.25, -0.2) is 4.98 Å². The van der Waals surface area contributed by atoms with E-state index in [4.69, 9.17) is 5.73 Å². The van der Waals surface area contributed by atoms with E-state index in [1.54, 1.807) is 0 Å². The van der Waals surface area contributed by atoms with Gasteiger partial charge in [0.05, 0.1) is 6.10 Å². The minimum Gasteiger partial charge on any atom is -0.388 e. The van der Waals surface area contributed by atoms with E-state index >= 15 is 0 Å². The Morgan fingerprint density at radius 2 is 1.86 bits per heavy atom. The molecule has 112 valence electrons. The Hall–Kier alpha value is -2.14. The molecule has 1 aromatic carbocycles. The van der Waals surface area contributed by atoms with Crippen molar-refractivity contribution in [2.75, 3.05) is 24.2 Å². The zero-order valence-electron chi connectivity index (χ0n) is 12.7. The molecule has 0 aliphatic heterocycles. The number of hydrogen-bond acceptors (Lipinski definition) is 5. The molecule has 1 aromatic heterocycles. The van der Waals surface area contributed by atoms with Gasteiger partial charge in [-0.1, -0.05) is 30.3 Å². The molecule has 0 saturated carbocycles. The van der Waals surface area contributed by atoms with Crippen LogP contribution in [0.25, 0.3) is 0 Å². The molecule has 1 atom stereocenters. The lowest BCUT2D eigenvalue weighted by Crippen LogP contribution is -2.23. The summed E-state index contributed by atoms with van der Waals surface area (Å²) in [6, 6.07) is 9.67. The van der Waals surface area contributed by atoms with Gasteiger partial charge in [-0.3, -0.25) is 0 Å². The summed E-state index contributed by atoms with van der Waals surface area (Å²) in [5.74, 6) is 1.10. The van der Waals surface area contributed by atoms with Crippen LogP contribution in [0, 0.1) is 13.8 Å². The second-order valence-electron chi connectivity index (χ2n) is 5.25. The molecule has 2 aromatic rings. The van der Waals surface area contributed by atoms with Crippen LogP contribution in [-0.2, 0) is 0 Å². The summed E-state index contributed by atoms with van der Waals surface area (Å²) in [5.41, 5.74) is 8.54. The minimum absolute atomic E-state index is 0.281. The highest BCUT2D eigenvalue weighted by atomic mass is 16.3. The van der Waals surface area contributed by atoms with Crippen molar-refractivity contribution in [1.29, 1.82) is 0 Å². The van der Waals surface area contributed by atoms with Crippen LogP contribution in [0.15, 0.2) is 30.3 Å². The van der Waals surface area contributed by atoms with Crippen LogP contribution in [0.5, 0.6) is 0 Å². The summed E-state index contributed by atoms with van der Waals surface area (Å²) in [7, 11) is 1.95.